The summed E-state index contributed by atoms with van der Waals surface area (Å²) in [5.41, 5.74) is 2.88. The summed E-state index contributed by atoms with van der Waals surface area (Å²) in [6.07, 6.45) is 6.90. The summed E-state index contributed by atoms with van der Waals surface area (Å²) in [5.74, 6) is 1.66. The Morgan fingerprint density at radius 3 is 2.58 bits per heavy atom. The highest BCUT2D eigenvalue weighted by atomic mass is 127. The van der Waals surface area contributed by atoms with Gasteiger partial charge in [0.1, 0.15) is 6.54 Å². The summed E-state index contributed by atoms with van der Waals surface area (Å²) in [4.78, 5) is 20.8. The van der Waals surface area contributed by atoms with Crippen molar-refractivity contribution in [2.45, 2.75) is 51.5 Å². The number of hydrogen-bond acceptors (Lipinski definition) is 3. The second-order valence-electron chi connectivity index (χ2n) is 9.11. The Kier molecular flexibility index (Phi) is 11.1. The van der Waals surface area contributed by atoms with Crippen LogP contribution in [-0.4, -0.2) is 74.5 Å². The van der Waals surface area contributed by atoms with Crippen LogP contribution in [0, 0.1) is 5.92 Å². The third-order valence-electron chi connectivity index (χ3n) is 6.38. The number of rotatable bonds is 7. The minimum absolute atomic E-state index is 0. The van der Waals surface area contributed by atoms with E-state index in [1.807, 2.05) is 0 Å². The van der Waals surface area contributed by atoms with Gasteiger partial charge in [0.2, 0.25) is 5.91 Å². The topological polar surface area (TPSA) is 60.0 Å². The van der Waals surface area contributed by atoms with Crippen LogP contribution in [0.3, 0.4) is 0 Å². The molecule has 6 nitrogen and oxygen atoms in total. The van der Waals surface area contributed by atoms with Gasteiger partial charge < -0.3 is 20.4 Å². The van der Waals surface area contributed by atoms with Crippen LogP contribution in [0.15, 0.2) is 29.3 Å². The molecule has 1 heterocycles. The molecule has 2 aliphatic rings. The van der Waals surface area contributed by atoms with E-state index in [0.29, 0.717) is 6.04 Å². The number of nitrogens with zero attached hydrogens (tertiary/aromatic N) is 3. The number of amides is 1. The molecular formula is C24H40IN5O. The fraction of sp³-hybridized carbons (Fsp3) is 0.667. The average Bonchev–Trinajstić information content (AvgIpc) is 2.75. The first-order chi connectivity index (χ1) is 14.5. The van der Waals surface area contributed by atoms with Gasteiger partial charge in [-0.25, -0.2) is 4.99 Å². The van der Waals surface area contributed by atoms with E-state index in [1.54, 1.807) is 19.0 Å². The highest BCUT2D eigenvalue weighted by molar-refractivity contribution is 14.0. The van der Waals surface area contributed by atoms with Gasteiger partial charge in [-0.05, 0) is 75.2 Å². The SMILES string of the molecule is CC1CCN(CCCNC(=NCC(=O)N(C)C)NC2CCc3ccccc3C2)CC1.I. The van der Waals surface area contributed by atoms with Crippen LogP contribution in [0.2, 0.25) is 0 Å². The molecule has 1 aromatic rings. The lowest BCUT2D eigenvalue weighted by Crippen LogP contribution is -2.47. The lowest BCUT2D eigenvalue weighted by atomic mass is 9.88. The number of carbonyl (C=O) groups is 1. The number of piperidine rings is 1. The van der Waals surface area contributed by atoms with Crippen LogP contribution < -0.4 is 10.6 Å². The quantitative estimate of drug-likeness (QED) is 0.241. The van der Waals surface area contributed by atoms with Crippen LogP contribution in [0.1, 0.15) is 43.7 Å². The minimum atomic E-state index is 0. The molecule has 1 unspecified atom stereocenters. The summed E-state index contributed by atoms with van der Waals surface area (Å²) in [6.45, 7) is 6.97. The Hall–Kier alpha value is -1.35. The third kappa shape index (κ3) is 8.60. The van der Waals surface area contributed by atoms with E-state index >= 15 is 0 Å². The Balaban J connectivity index is 0.00000341. The summed E-state index contributed by atoms with van der Waals surface area (Å²) < 4.78 is 0. The first-order valence-electron chi connectivity index (χ1n) is 11.6. The van der Waals surface area contributed by atoms with Gasteiger partial charge in [0.05, 0.1) is 0 Å². The number of aliphatic imine (C=N–C) groups is 1. The summed E-state index contributed by atoms with van der Waals surface area (Å²) >= 11 is 0. The van der Waals surface area contributed by atoms with Crippen molar-refractivity contribution >= 4 is 35.8 Å². The van der Waals surface area contributed by atoms with E-state index in [1.165, 1.54) is 37.1 Å². The predicted molar refractivity (Wildman–Crippen MR) is 139 cm³/mol. The first-order valence-corrected chi connectivity index (χ1v) is 11.6. The zero-order valence-corrected chi connectivity index (χ0v) is 21.7. The van der Waals surface area contributed by atoms with E-state index in [2.05, 4.69) is 51.7 Å². The number of benzene rings is 1. The van der Waals surface area contributed by atoms with Crippen molar-refractivity contribution in [2.75, 3.05) is 46.8 Å². The fourth-order valence-electron chi connectivity index (χ4n) is 4.25. The monoisotopic (exact) mass is 541 g/mol. The Labute approximate surface area is 205 Å². The molecule has 1 atom stereocenters. The molecule has 7 heteroatoms. The van der Waals surface area contributed by atoms with Crippen LogP contribution in [0.4, 0.5) is 0 Å². The van der Waals surface area contributed by atoms with Crippen molar-refractivity contribution in [2.24, 2.45) is 10.9 Å². The molecule has 1 aromatic carbocycles. The van der Waals surface area contributed by atoms with Crippen molar-refractivity contribution in [3.8, 4) is 0 Å². The van der Waals surface area contributed by atoms with Gasteiger partial charge in [-0.15, -0.1) is 24.0 Å². The zero-order chi connectivity index (χ0) is 21.3. The number of carbonyl (C=O) groups excluding carboxylic acids is 1. The second-order valence-corrected chi connectivity index (χ2v) is 9.11. The van der Waals surface area contributed by atoms with Gasteiger partial charge in [-0.2, -0.15) is 0 Å². The smallest absolute Gasteiger partial charge is 0.243 e. The maximum absolute atomic E-state index is 12.0. The largest absolute Gasteiger partial charge is 0.356 e. The van der Waals surface area contributed by atoms with Gasteiger partial charge in [0.15, 0.2) is 5.96 Å². The van der Waals surface area contributed by atoms with Crippen molar-refractivity contribution in [1.82, 2.24) is 20.4 Å². The predicted octanol–water partition coefficient (Wildman–Crippen LogP) is 2.91. The molecule has 0 aromatic heterocycles. The van der Waals surface area contributed by atoms with Crippen LogP contribution in [0.25, 0.3) is 0 Å². The molecule has 2 N–H and O–H groups in total. The summed E-state index contributed by atoms with van der Waals surface area (Å²) in [5, 5.41) is 7.07. The van der Waals surface area contributed by atoms with E-state index < -0.39 is 0 Å². The Bertz CT molecular complexity index is 716. The van der Waals surface area contributed by atoms with Crippen molar-refractivity contribution in [3.05, 3.63) is 35.4 Å². The molecule has 1 aliphatic heterocycles. The number of nitrogens with one attached hydrogen (secondary N) is 2. The Morgan fingerprint density at radius 2 is 1.87 bits per heavy atom. The van der Waals surface area contributed by atoms with Crippen LogP contribution >= 0.6 is 24.0 Å². The van der Waals surface area contributed by atoms with E-state index in [0.717, 1.165) is 50.7 Å². The normalized spacial score (nSPS) is 19.8. The number of halogens is 1. The zero-order valence-electron chi connectivity index (χ0n) is 19.4. The number of likely N-dealkylation sites (tertiary alicyclic amines) is 1. The molecule has 0 saturated carbocycles. The maximum atomic E-state index is 12.0. The molecule has 3 rings (SSSR count). The average molecular weight is 542 g/mol. The number of likely N-dealkylation sites (N-methyl/N-ethyl adjacent to an activating group) is 1. The molecule has 174 valence electrons. The lowest BCUT2D eigenvalue weighted by molar-refractivity contribution is -0.127. The number of hydrogen-bond donors (Lipinski definition) is 2. The molecule has 31 heavy (non-hydrogen) atoms. The third-order valence-corrected chi connectivity index (χ3v) is 6.38. The van der Waals surface area contributed by atoms with Gasteiger partial charge >= 0.3 is 0 Å². The van der Waals surface area contributed by atoms with Gasteiger partial charge in [-0.3, -0.25) is 4.79 Å². The molecule has 1 saturated heterocycles. The summed E-state index contributed by atoms with van der Waals surface area (Å²) in [6, 6.07) is 9.05. The second kappa shape index (κ2) is 13.3. The highest BCUT2D eigenvalue weighted by Gasteiger charge is 2.19. The molecule has 1 fully saturated rings. The van der Waals surface area contributed by atoms with Gasteiger partial charge in [0, 0.05) is 26.7 Å². The highest BCUT2D eigenvalue weighted by Crippen LogP contribution is 2.21. The Morgan fingerprint density at radius 1 is 1.16 bits per heavy atom. The van der Waals surface area contributed by atoms with E-state index in [-0.39, 0.29) is 36.4 Å². The molecule has 0 spiro atoms. The minimum Gasteiger partial charge on any atom is -0.356 e. The lowest BCUT2D eigenvalue weighted by Gasteiger charge is -2.30. The molecule has 0 radical (unpaired) electrons. The van der Waals surface area contributed by atoms with Crippen LogP contribution in [-0.2, 0) is 17.6 Å². The fourth-order valence-corrected chi connectivity index (χ4v) is 4.25. The maximum Gasteiger partial charge on any atom is 0.243 e. The first kappa shape index (κ1) is 25.9. The number of guanidine groups is 1. The van der Waals surface area contributed by atoms with E-state index in [4.69, 9.17) is 0 Å². The van der Waals surface area contributed by atoms with Crippen molar-refractivity contribution in [3.63, 3.8) is 0 Å². The van der Waals surface area contributed by atoms with Crippen molar-refractivity contribution < 1.29 is 4.79 Å². The standard InChI is InChI=1S/C24H39N5O.HI/c1-19-11-15-29(16-12-19)14-6-13-25-24(26-18-23(30)28(2)3)27-22-10-9-20-7-4-5-8-21(20)17-22;/h4-5,7-8,19,22H,6,9-18H2,1-3H3,(H2,25,26,27);1H. The molecule has 1 aliphatic carbocycles. The number of fused-ring (bicyclic) bond motifs is 1. The molecular weight excluding hydrogens is 501 g/mol. The van der Waals surface area contributed by atoms with Crippen molar-refractivity contribution in [1.29, 1.82) is 0 Å². The number of aryl methyl sites for hydroxylation is 1. The van der Waals surface area contributed by atoms with Gasteiger partial charge in [-0.1, -0.05) is 31.2 Å². The molecule has 0 bridgehead atoms. The van der Waals surface area contributed by atoms with E-state index in [9.17, 15) is 4.79 Å². The summed E-state index contributed by atoms with van der Waals surface area (Å²) in [7, 11) is 3.55. The molecule has 1 amide bonds. The van der Waals surface area contributed by atoms with Crippen LogP contribution in [0.5, 0.6) is 0 Å². The van der Waals surface area contributed by atoms with Gasteiger partial charge in [0.25, 0.3) is 0 Å².